The van der Waals surface area contributed by atoms with Crippen LogP contribution < -0.4 is 10.1 Å². The zero-order valence-electron chi connectivity index (χ0n) is 13.2. The third-order valence-corrected chi connectivity index (χ3v) is 3.39. The Labute approximate surface area is 143 Å². The molecule has 25 heavy (non-hydrogen) atoms. The molecule has 7 heteroatoms. The third-order valence-electron chi connectivity index (χ3n) is 3.39. The van der Waals surface area contributed by atoms with Crippen molar-refractivity contribution in [3.05, 3.63) is 65.2 Å². The van der Waals surface area contributed by atoms with E-state index in [1.54, 1.807) is 24.3 Å². The molecule has 0 heterocycles. The van der Waals surface area contributed by atoms with E-state index in [2.05, 4.69) is 5.32 Å². The molecule has 2 rings (SSSR count). The van der Waals surface area contributed by atoms with Crippen molar-refractivity contribution in [2.75, 3.05) is 13.2 Å². The number of amides is 1. The second-order valence-electron chi connectivity index (χ2n) is 5.23. The summed E-state index contributed by atoms with van der Waals surface area (Å²) >= 11 is 0. The molecule has 0 spiro atoms. The van der Waals surface area contributed by atoms with Crippen LogP contribution in [0.15, 0.2) is 42.5 Å². The minimum atomic E-state index is -1.49. The van der Waals surface area contributed by atoms with E-state index in [9.17, 15) is 18.7 Å². The molecule has 0 aliphatic carbocycles. The van der Waals surface area contributed by atoms with Gasteiger partial charge in [-0.15, -0.1) is 0 Å². The van der Waals surface area contributed by atoms with Gasteiger partial charge in [0, 0.05) is 6.54 Å². The summed E-state index contributed by atoms with van der Waals surface area (Å²) in [7, 11) is 0. The van der Waals surface area contributed by atoms with Crippen molar-refractivity contribution >= 4 is 5.91 Å². The standard InChI is InChI=1S/C18H16F2N2O3/c19-14-5-2-6-15(20)18(14)16(23)11-22-17(24)10-12-3-1-4-13(9-12)25-8-7-21/h1-6,9,16,23H,8,10-11H2,(H,22,24). The van der Waals surface area contributed by atoms with Gasteiger partial charge < -0.3 is 15.2 Å². The average Bonchev–Trinajstić information content (AvgIpc) is 2.58. The molecule has 0 radical (unpaired) electrons. The Morgan fingerprint density at radius 3 is 2.60 bits per heavy atom. The van der Waals surface area contributed by atoms with E-state index in [4.69, 9.17) is 10.00 Å². The second-order valence-corrected chi connectivity index (χ2v) is 5.23. The van der Waals surface area contributed by atoms with Gasteiger partial charge in [0.2, 0.25) is 5.91 Å². The lowest BCUT2D eigenvalue weighted by Gasteiger charge is -2.14. The second kappa shape index (κ2) is 8.76. The molecule has 0 aliphatic heterocycles. The molecule has 0 fully saturated rings. The Hall–Kier alpha value is -2.98. The highest BCUT2D eigenvalue weighted by Gasteiger charge is 2.18. The summed E-state index contributed by atoms with van der Waals surface area (Å²) in [6, 6.07) is 11.8. The van der Waals surface area contributed by atoms with Crippen LogP contribution in [0.3, 0.4) is 0 Å². The number of hydrogen-bond acceptors (Lipinski definition) is 4. The normalized spacial score (nSPS) is 11.4. The van der Waals surface area contributed by atoms with Crippen LogP contribution in [0.2, 0.25) is 0 Å². The fourth-order valence-corrected chi connectivity index (χ4v) is 2.25. The van der Waals surface area contributed by atoms with E-state index >= 15 is 0 Å². The first-order chi connectivity index (χ1) is 12.0. The number of nitrogens with one attached hydrogen (secondary N) is 1. The highest BCUT2D eigenvalue weighted by Crippen LogP contribution is 2.20. The molecule has 0 saturated carbocycles. The molecule has 2 N–H and O–H groups in total. The summed E-state index contributed by atoms with van der Waals surface area (Å²) in [5, 5.41) is 20.8. The highest BCUT2D eigenvalue weighted by molar-refractivity contribution is 5.78. The first kappa shape index (κ1) is 18.4. The van der Waals surface area contributed by atoms with E-state index in [1.807, 2.05) is 6.07 Å². The number of nitriles is 1. The monoisotopic (exact) mass is 346 g/mol. The van der Waals surface area contributed by atoms with Crippen molar-refractivity contribution in [3.63, 3.8) is 0 Å². The molecule has 0 saturated heterocycles. The maximum absolute atomic E-state index is 13.6. The molecule has 1 amide bonds. The Morgan fingerprint density at radius 1 is 1.24 bits per heavy atom. The first-order valence-corrected chi connectivity index (χ1v) is 7.48. The number of carbonyl (C=O) groups is 1. The molecule has 0 aromatic heterocycles. The summed E-state index contributed by atoms with van der Waals surface area (Å²) in [5.74, 6) is -1.71. The quantitative estimate of drug-likeness (QED) is 0.806. The van der Waals surface area contributed by atoms with Gasteiger partial charge in [0.05, 0.1) is 12.0 Å². The molecule has 0 bridgehead atoms. The molecule has 2 aromatic carbocycles. The molecular formula is C18H16F2N2O3. The van der Waals surface area contributed by atoms with E-state index < -0.39 is 29.2 Å². The Balaban J connectivity index is 1.91. The van der Waals surface area contributed by atoms with Crippen LogP contribution in [-0.2, 0) is 11.2 Å². The predicted molar refractivity (Wildman–Crippen MR) is 85.6 cm³/mol. The van der Waals surface area contributed by atoms with Crippen molar-refractivity contribution in [1.29, 1.82) is 5.26 Å². The number of nitrogens with zero attached hydrogens (tertiary/aromatic N) is 1. The number of hydrogen-bond donors (Lipinski definition) is 2. The lowest BCUT2D eigenvalue weighted by atomic mass is 10.1. The highest BCUT2D eigenvalue weighted by atomic mass is 19.1. The molecule has 130 valence electrons. The van der Waals surface area contributed by atoms with Crippen LogP contribution in [0.4, 0.5) is 8.78 Å². The van der Waals surface area contributed by atoms with Gasteiger partial charge in [-0.2, -0.15) is 5.26 Å². The SMILES string of the molecule is N#CCOc1cccc(CC(=O)NCC(O)c2c(F)cccc2F)c1. The molecule has 2 aromatic rings. The van der Waals surface area contributed by atoms with Gasteiger partial charge in [-0.25, -0.2) is 8.78 Å². The van der Waals surface area contributed by atoms with E-state index in [1.165, 1.54) is 6.07 Å². The molecule has 0 aliphatic rings. The van der Waals surface area contributed by atoms with Crippen molar-refractivity contribution in [3.8, 4) is 11.8 Å². The minimum Gasteiger partial charge on any atom is -0.479 e. The van der Waals surface area contributed by atoms with E-state index in [0.717, 1.165) is 12.1 Å². The molecule has 1 atom stereocenters. The van der Waals surface area contributed by atoms with Gasteiger partial charge in [-0.05, 0) is 29.8 Å². The van der Waals surface area contributed by atoms with Crippen molar-refractivity contribution in [1.82, 2.24) is 5.32 Å². The smallest absolute Gasteiger partial charge is 0.224 e. The first-order valence-electron chi connectivity index (χ1n) is 7.48. The maximum atomic E-state index is 13.6. The summed E-state index contributed by atoms with van der Waals surface area (Å²) in [6.45, 7) is -0.419. The lowest BCUT2D eigenvalue weighted by molar-refractivity contribution is -0.120. The van der Waals surface area contributed by atoms with Crippen LogP contribution in [0.1, 0.15) is 17.2 Å². The van der Waals surface area contributed by atoms with Crippen LogP contribution in [0.25, 0.3) is 0 Å². The van der Waals surface area contributed by atoms with Gasteiger partial charge in [0.15, 0.2) is 6.61 Å². The van der Waals surface area contributed by atoms with Gasteiger partial charge in [0.25, 0.3) is 0 Å². The Bertz CT molecular complexity index is 770. The van der Waals surface area contributed by atoms with Crippen molar-refractivity contribution in [2.45, 2.75) is 12.5 Å². The predicted octanol–water partition coefficient (Wildman–Crippen LogP) is 2.26. The van der Waals surface area contributed by atoms with Crippen molar-refractivity contribution < 1.29 is 23.4 Å². The number of benzene rings is 2. The number of ether oxygens (including phenoxy) is 1. The Kier molecular flexibility index (Phi) is 6.43. The van der Waals surface area contributed by atoms with Gasteiger partial charge in [-0.1, -0.05) is 18.2 Å². The fourth-order valence-electron chi connectivity index (χ4n) is 2.25. The minimum absolute atomic E-state index is 0.00374. The zero-order valence-corrected chi connectivity index (χ0v) is 13.2. The lowest BCUT2D eigenvalue weighted by Crippen LogP contribution is -2.30. The van der Waals surface area contributed by atoms with Crippen molar-refractivity contribution in [2.24, 2.45) is 0 Å². The van der Waals surface area contributed by atoms with Crippen LogP contribution in [-0.4, -0.2) is 24.2 Å². The zero-order chi connectivity index (χ0) is 18.2. The summed E-state index contributed by atoms with van der Waals surface area (Å²) in [4.78, 5) is 11.9. The number of rotatable bonds is 7. The summed E-state index contributed by atoms with van der Waals surface area (Å²) < 4.78 is 32.3. The summed E-state index contributed by atoms with van der Waals surface area (Å²) in [6.07, 6.45) is -1.49. The average molecular weight is 346 g/mol. The van der Waals surface area contributed by atoms with E-state index in [0.29, 0.717) is 11.3 Å². The largest absolute Gasteiger partial charge is 0.479 e. The number of aliphatic hydroxyl groups excluding tert-OH is 1. The Morgan fingerprint density at radius 2 is 1.92 bits per heavy atom. The van der Waals surface area contributed by atoms with E-state index in [-0.39, 0.29) is 19.6 Å². The van der Waals surface area contributed by atoms with Crippen LogP contribution >= 0.6 is 0 Å². The number of carbonyl (C=O) groups excluding carboxylic acids is 1. The molecular weight excluding hydrogens is 330 g/mol. The molecule has 1 unspecified atom stereocenters. The van der Waals surface area contributed by atoms with Crippen LogP contribution in [0, 0.1) is 23.0 Å². The van der Waals surface area contributed by atoms with Gasteiger partial charge in [0.1, 0.15) is 29.6 Å². The summed E-state index contributed by atoms with van der Waals surface area (Å²) in [5.41, 5.74) is 0.161. The maximum Gasteiger partial charge on any atom is 0.224 e. The number of halogens is 2. The van der Waals surface area contributed by atoms with Gasteiger partial charge in [-0.3, -0.25) is 4.79 Å². The van der Waals surface area contributed by atoms with Crippen LogP contribution in [0.5, 0.6) is 5.75 Å². The fraction of sp³-hybridized carbons (Fsp3) is 0.222. The van der Waals surface area contributed by atoms with Gasteiger partial charge >= 0.3 is 0 Å². The topological polar surface area (TPSA) is 82.3 Å². The number of aliphatic hydroxyl groups is 1. The molecule has 5 nitrogen and oxygen atoms in total. The third kappa shape index (κ3) is 5.26.